The molecule has 0 fully saturated rings. The molecular weight excluding hydrogens is 314 g/mol. The summed E-state index contributed by atoms with van der Waals surface area (Å²) in [5.41, 5.74) is 1.65. The zero-order valence-corrected chi connectivity index (χ0v) is 15.6. The topological polar surface area (TPSA) is 29.9 Å². The summed E-state index contributed by atoms with van der Waals surface area (Å²) in [5.74, 6) is 0.676. The lowest BCUT2D eigenvalue weighted by molar-refractivity contribution is 0.274. The van der Waals surface area contributed by atoms with Crippen LogP contribution in [0, 0.1) is 11.3 Å². The lowest BCUT2D eigenvalue weighted by Gasteiger charge is -2.27. The Hall–Kier alpha value is -0.350. The highest BCUT2D eigenvalue weighted by molar-refractivity contribution is 9.10. The quantitative estimate of drug-likeness (QED) is 0.791. The third-order valence-corrected chi connectivity index (χ3v) is 4.16. The molecule has 1 heterocycles. The summed E-state index contributed by atoms with van der Waals surface area (Å²) in [4.78, 5) is 0. The number of nitrogens with one attached hydrogen (secondary N) is 1. The number of hydrogen-bond acceptors (Lipinski definition) is 2. The summed E-state index contributed by atoms with van der Waals surface area (Å²) in [5, 5.41) is 7.96. The second-order valence-corrected chi connectivity index (χ2v) is 8.22. The molecule has 116 valence electrons. The van der Waals surface area contributed by atoms with Gasteiger partial charge in [0.05, 0.1) is 22.4 Å². The smallest absolute Gasteiger partial charge is 0.0698 e. The van der Waals surface area contributed by atoms with Crippen molar-refractivity contribution in [2.45, 2.75) is 66.5 Å². The van der Waals surface area contributed by atoms with Gasteiger partial charge in [0, 0.05) is 6.04 Å². The van der Waals surface area contributed by atoms with Crippen LogP contribution >= 0.6 is 15.9 Å². The molecule has 1 N–H and O–H groups in total. The molecule has 20 heavy (non-hydrogen) atoms. The van der Waals surface area contributed by atoms with Gasteiger partial charge in [-0.25, -0.2) is 0 Å². The average Bonchev–Trinajstić information content (AvgIpc) is 2.65. The molecule has 0 aliphatic rings. The van der Waals surface area contributed by atoms with E-state index in [1.165, 1.54) is 12.1 Å². The van der Waals surface area contributed by atoms with E-state index in [-0.39, 0.29) is 0 Å². The van der Waals surface area contributed by atoms with Gasteiger partial charge >= 0.3 is 0 Å². The molecule has 0 radical (unpaired) electrons. The predicted molar refractivity (Wildman–Crippen MR) is 90.0 cm³/mol. The first-order valence-electron chi connectivity index (χ1n) is 7.56. The highest BCUT2D eigenvalue weighted by Gasteiger charge is 2.24. The molecule has 0 aliphatic carbocycles. The van der Waals surface area contributed by atoms with Crippen LogP contribution in [0.4, 0.5) is 0 Å². The Labute approximate surface area is 132 Å². The van der Waals surface area contributed by atoms with Crippen LogP contribution in [0.15, 0.2) is 10.7 Å². The van der Waals surface area contributed by atoms with Gasteiger partial charge in [-0.1, -0.05) is 27.7 Å². The van der Waals surface area contributed by atoms with E-state index in [1.54, 1.807) is 0 Å². The summed E-state index contributed by atoms with van der Waals surface area (Å²) in [6, 6.07) is 0.719. The van der Waals surface area contributed by atoms with Crippen molar-refractivity contribution in [3.63, 3.8) is 0 Å². The largest absolute Gasteiger partial charge is 0.312 e. The van der Waals surface area contributed by atoms with Gasteiger partial charge in [0.2, 0.25) is 0 Å². The summed E-state index contributed by atoms with van der Waals surface area (Å²) in [7, 11) is 2.04. The van der Waals surface area contributed by atoms with Crippen LogP contribution < -0.4 is 5.32 Å². The van der Waals surface area contributed by atoms with E-state index in [0.717, 1.165) is 10.9 Å². The zero-order valence-electron chi connectivity index (χ0n) is 14.0. The van der Waals surface area contributed by atoms with Gasteiger partial charge < -0.3 is 5.32 Å². The Kier molecular flexibility index (Phi) is 6.26. The molecule has 1 rings (SSSR count). The third kappa shape index (κ3) is 4.88. The minimum atomic E-state index is 0.339. The van der Waals surface area contributed by atoms with Crippen molar-refractivity contribution < 1.29 is 0 Å². The maximum Gasteiger partial charge on any atom is 0.0698 e. The molecule has 3 nitrogen and oxygen atoms in total. The number of hydrogen-bond donors (Lipinski definition) is 1. The maximum absolute atomic E-state index is 4.50. The van der Waals surface area contributed by atoms with Gasteiger partial charge in [0.1, 0.15) is 0 Å². The number of halogens is 1. The van der Waals surface area contributed by atoms with Crippen LogP contribution in [-0.4, -0.2) is 16.8 Å². The van der Waals surface area contributed by atoms with E-state index in [1.807, 2.05) is 13.2 Å². The molecule has 0 spiro atoms. The van der Waals surface area contributed by atoms with Crippen LogP contribution in [0.3, 0.4) is 0 Å². The standard InChI is InChI=1S/C16H30BrN3/c1-11(2)20-15(13(17)10-19-20)14(18-7)8-12(3)9-16(4,5)6/h10-12,14,18H,8-9H2,1-7H3. The van der Waals surface area contributed by atoms with Crippen molar-refractivity contribution >= 4 is 15.9 Å². The minimum absolute atomic E-state index is 0.339. The molecular formula is C16H30BrN3. The monoisotopic (exact) mass is 343 g/mol. The fourth-order valence-corrected chi connectivity index (χ4v) is 3.54. The third-order valence-electron chi connectivity index (χ3n) is 3.55. The van der Waals surface area contributed by atoms with Gasteiger partial charge in [-0.3, -0.25) is 4.68 Å². The highest BCUT2D eigenvalue weighted by atomic mass is 79.9. The first-order chi connectivity index (χ1) is 9.15. The van der Waals surface area contributed by atoms with E-state index in [9.17, 15) is 0 Å². The van der Waals surface area contributed by atoms with Crippen molar-refractivity contribution in [3.05, 3.63) is 16.4 Å². The van der Waals surface area contributed by atoms with E-state index in [0.29, 0.717) is 23.4 Å². The molecule has 2 unspecified atom stereocenters. The highest BCUT2D eigenvalue weighted by Crippen LogP contribution is 2.33. The van der Waals surface area contributed by atoms with E-state index >= 15 is 0 Å². The van der Waals surface area contributed by atoms with Gasteiger partial charge in [-0.05, 0) is 61.0 Å². The fourth-order valence-electron chi connectivity index (χ4n) is 2.99. The molecule has 1 aromatic rings. The van der Waals surface area contributed by atoms with E-state index in [4.69, 9.17) is 0 Å². The summed E-state index contributed by atoms with van der Waals surface area (Å²) < 4.78 is 3.23. The number of rotatable bonds is 6. The SMILES string of the molecule is CNC(CC(C)CC(C)(C)C)c1c(Br)cnn1C(C)C. The molecule has 0 amide bonds. The predicted octanol–water partition coefficient (Wildman–Crippen LogP) is 4.95. The molecule has 2 atom stereocenters. The number of nitrogens with zero attached hydrogens (tertiary/aromatic N) is 2. The first kappa shape index (κ1) is 17.7. The van der Waals surface area contributed by atoms with Gasteiger partial charge in [0.15, 0.2) is 0 Å². The van der Waals surface area contributed by atoms with Gasteiger partial charge in [0.25, 0.3) is 0 Å². The lowest BCUT2D eigenvalue weighted by Crippen LogP contribution is -2.25. The van der Waals surface area contributed by atoms with Crippen molar-refractivity contribution in [1.82, 2.24) is 15.1 Å². The molecule has 0 saturated heterocycles. The Balaban J connectivity index is 2.89. The molecule has 0 bridgehead atoms. The van der Waals surface area contributed by atoms with E-state index in [2.05, 4.69) is 72.6 Å². The fraction of sp³-hybridized carbons (Fsp3) is 0.812. The van der Waals surface area contributed by atoms with Crippen LogP contribution in [0.25, 0.3) is 0 Å². The molecule has 4 heteroatoms. The van der Waals surface area contributed by atoms with Gasteiger partial charge in [-0.15, -0.1) is 0 Å². The second-order valence-electron chi connectivity index (χ2n) is 7.36. The Morgan fingerprint density at radius 1 is 1.30 bits per heavy atom. The molecule has 0 aliphatic heterocycles. The van der Waals surface area contributed by atoms with Crippen molar-refractivity contribution in [2.24, 2.45) is 11.3 Å². The Morgan fingerprint density at radius 2 is 1.90 bits per heavy atom. The summed E-state index contributed by atoms with van der Waals surface area (Å²) >= 11 is 3.65. The Morgan fingerprint density at radius 3 is 2.35 bits per heavy atom. The summed E-state index contributed by atoms with van der Waals surface area (Å²) in [6.07, 6.45) is 4.28. The summed E-state index contributed by atoms with van der Waals surface area (Å²) in [6.45, 7) is 13.6. The second kappa shape index (κ2) is 7.08. The zero-order chi connectivity index (χ0) is 15.5. The van der Waals surface area contributed by atoms with E-state index < -0.39 is 0 Å². The van der Waals surface area contributed by atoms with Crippen LogP contribution in [0.5, 0.6) is 0 Å². The van der Waals surface area contributed by atoms with Crippen LogP contribution in [0.1, 0.15) is 72.2 Å². The molecule has 0 saturated carbocycles. The van der Waals surface area contributed by atoms with Crippen molar-refractivity contribution in [2.75, 3.05) is 7.05 Å². The van der Waals surface area contributed by atoms with Crippen molar-refractivity contribution in [3.8, 4) is 0 Å². The number of aromatic nitrogens is 2. The average molecular weight is 344 g/mol. The van der Waals surface area contributed by atoms with Crippen molar-refractivity contribution in [1.29, 1.82) is 0 Å². The van der Waals surface area contributed by atoms with Crippen LogP contribution in [-0.2, 0) is 0 Å². The normalized spacial score (nSPS) is 15.7. The first-order valence-corrected chi connectivity index (χ1v) is 8.35. The lowest BCUT2D eigenvalue weighted by atomic mass is 9.82. The Bertz CT molecular complexity index is 418. The van der Waals surface area contributed by atoms with Gasteiger partial charge in [-0.2, -0.15) is 5.10 Å². The van der Waals surface area contributed by atoms with Crippen LogP contribution in [0.2, 0.25) is 0 Å². The molecule has 0 aromatic carbocycles. The molecule has 1 aromatic heterocycles. The maximum atomic E-state index is 4.50. The minimum Gasteiger partial charge on any atom is -0.312 e.